The average Bonchev–Trinajstić information content (AvgIpc) is 2.69. The Morgan fingerprint density at radius 1 is 1.04 bits per heavy atom. The van der Waals surface area contributed by atoms with Crippen molar-refractivity contribution >= 4 is 29.1 Å². The van der Waals surface area contributed by atoms with Crippen molar-refractivity contribution in [1.29, 1.82) is 0 Å². The summed E-state index contributed by atoms with van der Waals surface area (Å²) in [7, 11) is 0. The van der Waals surface area contributed by atoms with Crippen molar-refractivity contribution in [1.82, 2.24) is 10.2 Å². The number of aromatic nitrogens is 2. The Hall–Kier alpha value is -3.81. The van der Waals surface area contributed by atoms with Gasteiger partial charge in [-0.15, -0.1) is 10.2 Å². The molecule has 3 aromatic rings. The summed E-state index contributed by atoms with van der Waals surface area (Å²) in [5, 5.41) is 13.3. The summed E-state index contributed by atoms with van der Waals surface area (Å²) < 4.78 is 18.2. The lowest BCUT2D eigenvalue weighted by atomic mass is 10.1. The molecule has 0 radical (unpaired) electrons. The van der Waals surface area contributed by atoms with Gasteiger partial charge in [0.1, 0.15) is 5.82 Å². The summed E-state index contributed by atoms with van der Waals surface area (Å²) in [6.07, 6.45) is 0. The van der Waals surface area contributed by atoms with Crippen molar-refractivity contribution in [2.75, 3.05) is 17.2 Å². The van der Waals surface area contributed by atoms with Crippen LogP contribution in [-0.2, 0) is 4.74 Å². The number of halogens is 1. The van der Waals surface area contributed by atoms with Crippen molar-refractivity contribution in [2.24, 2.45) is 0 Å². The second kappa shape index (κ2) is 8.72. The van der Waals surface area contributed by atoms with Gasteiger partial charge in [0.2, 0.25) is 0 Å². The molecule has 2 aromatic carbocycles. The van der Waals surface area contributed by atoms with Crippen molar-refractivity contribution < 1.29 is 18.7 Å². The third kappa shape index (κ3) is 4.67. The van der Waals surface area contributed by atoms with Crippen LogP contribution in [0.25, 0.3) is 0 Å². The molecule has 2 N–H and O–H groups in total. The van der Waals surface area contributed by atoms with E-state index in [4.69, 9.17) is 4.74 Å². The van der Waals surface area contributed by atoms with Gasteiger partial charge in [-0.25, -0.2) is 9.18 Å². The SMILES string of the molecule is CCOC(=O)c1ccccc1NC(=O)c1ccc(Nc2cccc(F)c2)nn1. The molecule has 3 rings (SSSR count). The molecule has 1 amide bonds. The van der Waals surface area contributed by atoms with E-state index >= 15 is 0 Å². The fourth-order valence-corrected chi connectivity index (χ4v) is 2.40. The second-order valence-corrected chi connectivity index (χ2v) is 5.66. The maximum atomic E-state index is 13.2. The van der Waals surface area contributed by atoms with Crippen molar-refractivity contribution in [3.8, 4) is 0 Å². The first kappa shape index (κ1) is 19.0. The molecule has 0 aliphatic rings. The van der Waals surface area contributed by atoms with Crippen molar-refractivity contribution in [3.05, 3.63) is 77.7 Å². The van der Waals surface area contributed by atoms with Crippen LogP contribution in [0.5, 0.6) is 0 Å². The van der Waals surface area contributed by atoms with E-state index < -0.39 is 11.9 Å². The molecule has 142 valence electrons. The van der Waals surface area contributed by atoms with E-state index in [1.807, 2.05) is 0 Å². The lowest BCUT2D eigenvalue weighted by Gasteiger charge is -2.10. The largest absolute Gasteiger partial charge is 0.462 e. The van der Waals surface area contributed by atoms with Crippen LogP contribution < -0.4 is 10.6 Å². The van der Waals surface area contributed by atoms with Crippen LogP contribution in [-0.4, -0.2) is 28.7 Å². The molecule has 0 fully saturated rings. The molecule has 0 saturated heterocycles. The Balaban J connectivity index is 1.71. The number of hydrogen-bond donors (Lipinski definition) is 2. The highest BCUT2D eigenvalue weighted by Gasteiger charge is 2.16. The van der Waals surface area contributed by atoms with E-state index in [1.54, 1.807) is 49.4 Å². The number of esters is 1. The number of ether oxygens (including phenoxy) is 1. The number of nitrogens with one attached hydrogen (secondary N) is 2. The number of benzene rings is 2. The second-order valence-electron chi connectivity index (χ2n) is 5.66. The quantitative estimate of drug-likeness (QED) is 0.632. The Morgan fingerprint density at radius 3 is 2.57 bits per heavy atom. The summed E-state index contributed by atoms with van der Waals surface area (Å²) >= 11 is 0. The number of carbonyl (C=O) groups is 2. The van der Waals surface area contributed by atoms with E-state index in [1.165, 1.54) is 18.2 Å². The molecule has 1 aromatic heterocycles. The van der Waals surface area contributed by atoms with Crippen LogP contribution in [0.4, 0.5) is 21.6 Å². The number of carbonyl (C=O) groups excluding carboxylic acids is 2. The Bertz CT molecular complexity index is 993. The Labute approximate surface area is 160 Å². The molecule has 0 atom stereocenters. The molecule has 0 aliphatic carbocycles. The Morgan fingerprint density at radius 2 is 1.86 bits per heavy atom. The number of amides is 1. The molecular weight excluding hydrogens is 363 g/mol. The maximum Gasteiger partial charge on any atom is 0.340 e. The monoisotopic (exact) mass is 380 g/mol. The molecule has 0 spiro atoms. The van der Waals surface area contributed by atoms with Gasteiger partial charge >= 0.3 is 5.97 Å². The molecule has 0 saturated carbocycles. The first-order chi connectivity index (χ1) is 13.6. The van der Waals surface area contributed by atoms with Gasteiger partial charge in [-0.2, -0.15) is 0 Å². The lowest BCUT2D eigenvalue weighted by Crippen LogP contribution is -2.17. The predicted molar refractivity (Wildman–Crippen MR) is 102 cm³/mol. The highest BCUT2D eigenvalue weighted by molar-refractivity contribution is 6.07. The minimum absolute atomic E-state index is 0.0588. The van der Waals surface area contributed by atoms with Crippen LogP contribution in [0.2, 0.25) is 0 Å². The number of nitrogens with zero attached hydrogens (tertiary/aromatic N) is 2. The van der Waals surface area contributed by atoms with Gasteiger partial charge in [0.25, 0.3) is 5.91 Å². The van der Waals surface area contributed by atoms with Crippen LogP contribution >= 0.6 is 0 Å². The average molecular weight is 380 g/mol. The van der Waals surface area contributed by atoms with E-state index in [0.717, 1.165) is 0 Å². The molecule has 8 heteroatoms. The normalized spacial score (nSPS) is 10.2. The van der Waals surface area contributed by atoms with Gasteiger partial charge in [0.05, 0.1) is 17.9 Å². The van der Waals surface area contributed by atoms with E-state index in [2.05, 4.69) is 20.8 Å². The minimum atomic E-state index is -0.529. The Kier molecular flexibility index (Phi) is 5.91. The third-order valence-corrected chi connectivity index (χ3v) is 3.66. The maximum absolute atomic E-state index is 13.2. The standard InChI is InChI=1S/C20H17FN4O3/c1-2-28-20(27)15-8-3-4-9-16(15)23-19(26)17-10-11-18(25-24-17)22-14-7-5-6-13(21)12-14/h3-12H,2H2,1H3,(H,22,25)(H,23,26). The molecule has 0 unspecified atom stereocenters. The van der Waals surface area contributed by atoms with Crippen molar-refractivity contribution in [2.45, 2.75) is 6.92 Å². The zero-order valence-electron chi connectivity index (χ0n) is 15.0. The minimum Gasteiger partial charge on any atom is -0.462 e. The first-order valence-electron chi connectivity index (χ1n) is 8.50. The zero-order valence-corrected chi connectivity index (χ0v) is 15.0. The zero-order chi connectivity index (χ0) is 19.9. The van der Waals surface area contributed by atoms with Gasteiger partial charge in [0, 0.05) is 5.69 Å². The molecule has 0 bridgehead atoms. The fraction of sp³-hybridized carbons (Fsp3) is 0.100. The third-order valence-electron chi connectivity index (χ3n) is 3.66. The topological polar surface area (TPSA) is 93.2 Å². The summed E-state index contributed by atoms with van der Waals surface area (Å²) in [5.74, 6) is -1.08. The first-order valence-corrected chi connectivity index (χ1v) is 8.50. The molecule has 0 aliphatic heterocycles. The summed E-state index contributed by atoms with van der Waals surface area (Å²) in [6, 6.07) is 15.4. The van der Waals surface area contributed by atoms with Crippen LogP contribution in [0, 0.1) is 5.82 Å². The predicted octanol–water partition coefficient (Wildman–Crippen LogP) is 3.79. The van der Waals surface area contributed by atoms with Gasteiger partial charge in [-0.1, -0.05) is 18.2 Å². The van der Waals surface area contributed by atoms with Crippen LogP contribution in [0.15, 0.2) is 60.7 Å². The molecule has 7 nitrogen and oxygen atoms in total. The van der Waals surface area contributed by atoms with Crippen LogP contribution in [0.1, 0.15) is 27.8 Å². The number of anilines is 3. The van der Waals surface area contributed by atoms with E-state index in [9.17, 15) is 14.0 Å². The highest BCUT2D eigenvalue weighted by Crippen LogP contribution is 2.18. The summed E-state index contributed by atoms with van der Waals surface area (Å²) in [5.41, 5.74) is 1.13. The summed E-state index contributed by atoms with van der Waals surface area (Å²) in [6.45, 7) is 1.93. The lowest BCUT2D eigenvalue weighted by molar-refractivity contribution is 0.0527. The number of hydrogen-bond acceptors (Lipinski definition) is 6. The molecule has 28 heavy (non-hydrogen) atoms. The smallest absolute Gasteiger partial charge is 0.340 e. The van der Waals surface area contributed by atoms with E-state index in [-0.39, 0.29) is 23.7 Å². The number of rotatable bonds is 6. The van der Waals surface area contributed by atoms with Crippen LogP contribution in [0.3, 0.4) is 0 Å². The summed E-state index contributed by atoms with van der Waals surface area (Å²) in [4.78, 5) is 24.4. The highest BCUT2D eigenvalue weighted by atomic mass is 19.1. The molecule has 1 heterocycles. The van der Waals surface area contributed by atoms with Gasteiger partial charge in [-0.05, 0) is 49.4 Å². The number of para-hydroxylation sites is 1. The van der Waals surface area contributed by atoms with Gasteiger partial charge in [0.15, 0.2) is 11.5 Å². The fourth-order valence-electron chi connectivity index (χ4n) is 2.40. The van der Waals surface area contributed by atoms with Gasteiger partial charge < -0.3 is 15.4 Å². The van der Waals surface area contributed by atoms with Gasteiger partial charge in [-0.3, -0.25) is 4.79 Å². The van der Waals surface area contributed by atoms with E-state index in [0.29, 0.717) is 17.2 Å². The van der Waals surface area contributed by atoms with Crippen molar-refractivity contribution in [3.63, 3.8) is 0 Å². The molecular formula is C20H17FN4O3.